The van der Waals surface area contributed by atoms with Gasteiger partial charge in [0.2, 0.25) is 10.0 Å². The van der Waals surface area contributed by atoms with E-state index in [1.807, 2.05) is 27.7 Å². The van der Waals surface area contributed by atoms with Gasteiger partial charge in [-0.25, -0.2) is 13.1 Å². The predicted octanol–water partition coefficient (Wildman–Crippen LogP) is 2.29. The standard InChI is InChI=1S/C17H29N3O3S.ClH/c1-5-17(6-2,12-18)20-16(21)14-7-9-15(10-8-14)24(22,23)19-11-13(3)4;/h7-10,13,19H,5-6,11-12,18H2,1-4H3,(H,20,21);1H. The fourth-order valence-corrected chi connectivity index (χ4v) is 3.44. The molecule has 0 radical (unpaired) electrons. The molecule has 25 heavy (non-hydrogen) atoms. The molecule has 1 aromatic carbocycles. The van der Waals surface area contributed by atoms with Gasteiger partial charge in [0.1, 0.15) is 0 Å². The summed E-state index contributed by atoms with van der Waals surface area (Å²) in [4.78, 5) is 12.5. The van der Waals surface area contributed by atoms with Gasteiger partial charge in [0.15, 0.2) is 0 Å². The molecule has 0 bridgehead atoms. The SMILES string of the molecule is CCC(CC)(CN)NC(=O)c1ccc(S(=O)(=O)NCC(C)C)cc1.Cl. The molecule has 0 spiro atoms. The van der Waals surface area contributed by atoms with Gasteiger partial charge in [-0.3, -0.25) is 4.79 Å². The lowest BCUT2D eigenvalue weighted by Gasteiger charge is -2.31. The first-order chi connectivity index (χ1) is 11.2. The largest absolute Gasteiger partial charge is 0.345 e. The average Bonchev–Trinajstić information content (AvgIpc) is 2.58. The molecule has 0 saturated heterocycles. The summed E-state index contributed by atoms with van der Waals surface area (Å²) in [7, 11) is -3.55. The predicted molar refractivity (Wildman–Crippen MR) is 104 cm³/mol. The third-order valence-electron chi connectivity index (χ3n) is 4.23. The third kappa shape index (κ3) is 6.58. The summed E-state index contributed by atoms with van der Waals surface area (Å²) in [6.07, 6.45) is 1.47. The Kier molecular flexibility index (Phi) is 9.64. The molecule has 0 heterocycles. The second-order valence-corrected chi connectivity index (χ2v) is 8.18. The van der Waals surface area contributed by atoms with Gasteiger partial charge in [0.05, 0.1) is 10.4 Å². The molecule has 0 unspecified atom stereocenters. The topological polar surface area (TPSA) is 101 Å². The number of nitrogens with one attached hydrogen (secondary N) is 2. The molecule has 4 N–H and O–H groups in total. The van der Waals surface area contributed by atoms with Crippen molar-refractivity contribution in [2.45, 2.75) is 51.0 Å². The maximum atomic E-state index is 12.4. The first kappa shape index (κ1) is 23.9. The molecule has 144 valence electrons. The van der Waals surface area contributed by atoms with Crippen molar-refractivity contribution in [3.8, 4) is 0 Å². The lowest BCUT2D eigenvalue weighted by molar-refractivity contribution is 0.0895. The van der Waals surface area contributed by atoms with Gasteiger partial charge < -0.3 is 11.1 Å². The van der Waals surface area contributed by atoms with E-state index in [0.717, 1.165) is 12.8 Å². The molecule has 0 saturated carbocycles. The zero-order chi connectivity index (χ0) is 18.4. The van der Waals surface area contributed by atoms with Gasteiger partial charge >= 0.3 is 0 Å². The Bertz CT molecular complexity index is 633. The third-order valence-corrected chi connectivity index (χ3v) is 5.67. The number of sulfonamides is 1. The molecule has 1 amide bonds. The van der Waals surface area contributed by atoms with Crippen LogP contribution in [0.5, 0.6) is 0 Å². The maximum absolute atomic E-state index is 12.4. The highest BCUT2D eigenvalue weighted by molar-refractivity contribution is 7.89. The van der Waals surface area contributed by atoms with Crippen molar-refractivity contribution in [3.63, 3.8) is 0 Å². The van der Waals surface area contributed by atoms with Crippen molar-refractivity contribution in [2.24, 2.45) is 11.7 Å². The number of hydrogen-bond acceptors (Lipinski definition) is 4. The molecule has 0 fully saturated rings. The Morgan fingerprint density at radius 1 is 1.16 bits per heavy atom. The highest BCUT2D eigenvalue weighted by atomic mass is 35.5. The quantitative estimate of drug-likeness (QED) is 0.601. The van der Waals surface area contributed by atoms with E-state index in [0.29, 0.717) is 18.7 Å². The smallest absolute Gasteiger partial charge is 0.251 e. The summed E-state index contributed by atoms with van der Waals surface area (Å²) in [6.45, 7) is 8.55. The van der Waals surface area contributed by atoms with Crippen LogP contribution in [0.3, 0.4) is 0 Å². The normalized spacial score (nSPS) is 11.9. The first-order valence-electron chi connectivity index (χ1n) is 8.32. The lowest BCUT2D eigenvalue weighted by atomic mass is 9.92. The van der Waals surface area contributed by atoms with Gasteiger partial charge in [0, 0.05) is 18.7 Å². The second-order valence-electron chi connectivity index (χ2n) is 6.42. The Morgan fingerprint density at radius 2 is 1.68 bits per heavy atom. The van der Waals surface area contributed by atoms with E-state index in [4.69, 9.17) is 5.73 Å². The average molecular weight is 392 g/mol. The van der Waals surface area contributed by atoms with Crippen LogP contribution >= 0.6 is 12.4 Å². The summed E-state index contributed by atoms with van der Waals surface area (Å²) in [5, 5.41) is 2.97. The molecule has 0 aliphatic carbocycles. The summed E-state index contributed by atoms with van der Waals surface area (Å²) < 4.78 is 26.9. The number of hydrogen-bond donors (Lipinski definition) is 3. The van der Waals surface area contributed by atoms with E-state index >= 15 is 0 Å². The maximum Gasteiger partial charge on any atom is 0.251 e. The first-order valence-corrected chi connectivity index (χ1v) is 9.80. The zero-order valence-corrected chi connectivity index (χ0v) is 17.0. The fourth-order valence-electron chi connectivity index (χ4n) is 2.22. The van der Waals surface area contributed by atoms with Crippen molar-refractivity contribution >= 4 is 28.3 Å². The van der Waals surface area contributed by atoms with Crippen LogP contribution in [0.25, 0.3) is 0 Å². The van der Waals surface area contributed by atoms with E-state index in [-0.39, 0.29) is 29.1 Å². The minimum atomic E-state index is -3.55. The number of benzene rings is 1. The van der Waals surface area contributed by atoms with Crippen molar-refractivity contribution in [1.82, 2.24) is 10.0 Å². The summed E-state index contributed by atoms with van der Waals surface area (Å²) >= 11 is 0. The Hall–Kier alpha value is -1.15. The van der Waals surface area contributed by atoms with Gasteiger partial charge in [-0.05, 0) is 43.0 Å². The molecule has 8 heteroatoms. The number of carbonyl (C=O) groups excluding carboxylic acids is 1. The summed E-state index contributed by atoms with van der Waals surface area (Å²) in [5.41, 5.74) is 5.78. The van der Waals surface area contributed by atoms with Crippen molar-refractivity contribution in [1.29, 1.82) is 0 Å². The number of halogens is 1. The fraction of sp³-hybridized carbons (Fsp3) is 0.588. The van der Waals surface area contributed by atoms with E-state index in [1.165, 1.54) is 24.3 Å². The minimum absolute atomic E-state index is 0. The highest BCUT2D eigenvalue weighted by Gasteiger charge is 2.27. The Morgan fingerprint density at radius 3 is 2.08 bits per heavy atom. The minimum Gasteiger partial charge on any atom is -0.345 e. The molecule has 0 aliphatic rings. The monoisotopic (exact) mass is 391 g/mol. The van der Waals surface area contributed by atoms with E-state index < -0.39 is 15.6 Å². The van der Waals surface area contributed by atoms with Crippen LogP contribution < -0.4 is 15.8 Å². The molecule has 0 atom stereocenters. The molecule has 0 aromatic heterocycles. The molecule has 1 rings (SSSR count). The molecular formula is C17H30ClN3O3S. The van der Waals surface area contributed by atoms with Crippen molar-refractivity contribution in [3.05, 3.63) is 29.8 Å². The van der Waals surface area contributed by atoms with Gasteiger partial charge in [-0.2, -0.15) is 0 Å². The van der Waals surface area contributed by atoms with Crippen LogP contribution in [0.1, 0.15) is 50.9 Å². The van der Waals surface area contributed by atoms with E-state index in [9.17, 15) is 13.2 Å². The number of nitrogens with two attached hydrogens (primary N) is 1. The number of amides is 1. The van der Waals surface area contributed by atoms with Crippen LogP contribution in [0.4, 0.5) is 0 Å². The molecule has 0 aliphatic heterocycles. The van der Waals surface area contributed by atoms with Gasteiger partial charge in [0.25, 0.3) is 5.91 Å². The number of carbonyl (C=O) groups is 1. The van der Waals surface area contributed by atoms with E-state index in [1.54, 1.807) is 0 Å². The lowest BCUT2D eigenvalue weighted by Crippen LogP contribution is -2.52. The van der Waals surface area contributed by atoms with Crippen LogP contribution in [-0.4, -0.2) is 33.0 Å². The zero-order valence-electron chi connectivity index (χ0n) is 15.3. The van der Waals surface area contributed by atoms with E-state index in [2.05, 4.69) is 10.0 Å². The molecular weight excluding hydrogens is 362 g/mol. The summed E-state index contributed by atoms with van der Waals surface area (Å²) in [6, 6.07) is 5.93. The van der Waals surface area contributed by atoms with Gasteiger partial charge in [-0.1, -0.05) is 27.7 Å². The number of rotatable bonds is 9. The van der Waals surface area contributed by atoms with Crippen LogP contribution in [0.15, 0.2) is 29.2 Å². The van der Waals surface area contributed by atoms with Crippen molar-refractivity contribution < 1.29 is 13.2 Å². The van der Waals surface area contributed by atoms with Crippen LogP contribution in [0, 0.1) is 5.92 Å². The van der Waals surface area contributed by atoms with Crippen LogP contribution in [0.2, 0.25) is 0 Å². The van der Waals surface area contributed by atoms with Crippen molar-refractivity contribution in [2.75, 3.05) is 13.1 Å². The summed E-state index contributed by atoms with van der Waals surface area (Å²) in [5.74, 6) is -0.0273. The van der Waals surface area contributed by atoms with Crippen LogP contribution in [-0.2, 0) is 10.0 Å². The highest BCUT2D eigenvalue weighted by Crippen LogP contribution is 2.16. The molecule has 6 nitrogen and oxygen atoms in total. The second kappa shape index (κ2) is 10.1. The molecule has 1 aromatic rings. The Labute approximate surface area is 157 Å². The van der Waals surface area contributed by atoms with Gasteiger partial charge in [-0.15, -0.1) is 12.4 Å². The Balaban J connectivity index is 0.00000576.